The summed E-state index contributed by atoms with van der Waals surface area (Å²) >= 11 is 0. The Bertz CT molecular complexity index is 520. The average molecular weight is 325 g/mol. The smallest absolute Gasteiger partial charge is 0.338 e. The van der Waals surface area contributed by atoms with Crippen molar-refractivity contribution >= 4 is 11.9 Å². The molecular formula is C16H23NO6. The number of hydrogen-bond donors (Lipinski definition) is 1. The van der Waals surface area contributed by atoms with Gasteiger partial charge in [0.1, 0.15) is 18.0 Å². The maximum atomic E-state index is 11.9. The van der Waals surface area contributed by atoms with E-state index >= 15 is 0 Å². The minimum absolute atomic E-state index is 0.0387. The number of rotatable bonds is 7. The van der Waals surface area contributed by atoms with E-state index in [1.165, 1.54) is 0 Å². The lowest BCUT2D eigenvalue weighted by Crippen LogP contribution is -2.34. The van der Waals surface area contributed by atoms with Crippen LogP contribution in [0.2, 0.25) is 0 Å². The van der Waals surface area contributed by atoms with Crippen molar-refractivity contribution in [2.24, 2.45) is 5.90 Å². The summed E-state index contributed by atoms with van der Waals surface area (Å²) < 4.78 is 15.2. The minimum atomic E-state index is -1.21. The van der Waals surface area contributed by atoms with E-state index in [-0.39, 0.29) is 13.0 Å². The zero-order chi connectivity index (χ0) is 17.5. The third-order valence-corrected chi connectivity index (χ3v) is 2.74. The predicted molar refractivity (Wildman–Crippen MR) is 82.3 cm³/mol. The molecule has 1 rings (SSSR count). The van der Waals surface area contributed by atoms with Crippen molar-refractivity contribution in [2.75, 3.05) is 7.11 Å². The third-order valence-electron chi connectivity index (χ3n) is 2.74. The van der Waals surface area contributed by atoms with Gasteiger partial charge in [-0.15, -0.1) is 0 Å². The molecule has 0 heterocycles. The molecule has 0 saturated heterocycles. The normalized spacial score (nSPS) is 12.4. The van der Waals surface area contributed by atoms with Crippen molar-refractivity contribution in [2.45, 2.75) is 45.5 Å². The van der Waals surface area contributed by atoms with Crippen molar-refractivity contribution in [1.29, 1.82) is 0 Å². The quantitative estimate of drug-likeness (QED) is 0.602. The molecule has 0 aromatic heterocycles. The zero-order valence-corrected chi connectivity index (χ0v) is 13.8. The van der Waals surface area contributed by atoms with Gasteiger partial charge in [0.25, 0.3) is 0 Å². The maximum absolute atomic E-state index is 11.9. The van der Waals surface area contributed by atoms with Crippen molar-refractivity contribution in [3.63, 3.8) is 0 Å². The summed E-state index contributed by atoms with van der Waals surface area (Å²) in [6.45, 7) is 5.22. The number of hydrogen-bond acceptors (Lipinski definition) is 7. The molecule has 0 spiro atoms. The molecule has 1 aromatic carbocycles. The first kappa shape index (κ1) is 18.9. The van der Waals surface area contributed by atoms with Crippen LogP contribution in [0.25, 0.3) is 0 Å². The van der Waals surface area contributed by atoms with Crippen LogP contribution in [0.15, 0.2) is 24.3 Å². The van der Waals surface area contributed by atoms with Gasteiger partial charge in [-0.1, -0.05) is 12.1 Å². The van der Waals surface area contributed by atoms with Crippen LogP contribution in [0.3, 0.4) is 0 Å². The summed E-state index contributed by atoms with van der Waals surface area (Å²) in [6.07, 6.45) is -1.52. The lowest BCUT2D eigenvalue weighted by atomic mass is 10.2. The molecule has 1 unspecified atom stereocenters. The van der Waals surface area contributed by atoms with Gasteiger partial charge >= 0.3 is 11.9 Å². The molecule has 1 aromatic rings. The summed E-state index contributed by atoms with van der Waals surface area (Å²) in [4.78, 5) is 28.1. The molecule has 0 radical (unpaired) electrons. The predicted octanol–water partition coefficient (Wildman–Crippen LogP) is 1.73. The van der Waals surface area contributed by atoms with E-state index in [2.05, 4.69) is 4.84 Å². The maximum Gasteiger partial charge on any atom is 0.338 e. The molecular weight excluding hydrogens is 302 g/mol. The molecule has 0 amide bonds. The highest BCUT2D eigenvalue weighted by molar-refractivity contribution is 5.82. The first-order valence-electron chi connectivity index (χ1n) is 7.12. The fourth-order valence-electron chi connectivity index (χ4n) is 1.69. The number of carbonyl (C=O) groups excluding carboxylic acids is 2. The Balaban J connectivity index is 2.51. The van der Waals surface area contributed by atoms with Crippen molar-refractivity contribution < 1.29 is 28.6 Å². The van der Waals surface area contributed by atoms with E-state index in [4.69, 9.17) is 20.1 Å². The Kier molecular flexibility index (Phi) is 6.99. The first-order valence-corrected chi connectivity index (χ1v) is 7.12. The van der Waals surface area contributed by atoms with E-state index in [1.54, 1.807) is 52.1 Å². The van der Waals surface area contributed by atoms with Gasteiger partial charge in [-0.3, -0.25) is 9.63 Å². The molecule has 7 heteroatoms. The van der Waals surface area contributed by atoms with E-state index < -0.39 is 23.6 Å². The molecule has 0 aliphatic carbocycles. The average Bonchev–Trinajstić information content (AvgIpc) is 2.49. The molecule has 7 nitrogen and oxygen atoms in total. The Morgan fingerprint density at radius 2 is 1.78 bits per heavy atom. The zero-order valence-electron chi connectivity index (χ0n) is 13.8. The Morgan fingerprint density at radius 3 is 2.26 bits per heavy atom. The summed E-state index contributed by atoms with van der Waals surface area (Å²) in [6, 6.07) is 7.03. The highest BCUT2D eigenvalue weighted by atomic mass is 16.7. The van der Waals surface area contributed by atoms with E-state index in [9.17, 15) is 9.59 Å². The highest BCUT2D eigenvalue weighted by Crippen LogP contribution is 2.14. The molecule has 0 saturated carbocycles. The number of esters is 2. The second-order valence-corrected chi connectivity index (χ2v) is 5.87. The lowest BCUT2D eigenvalue weighted by molar-refractivity contribution is -0.169. The fraction of sp³-hybridized carbons (Fsp3) is 0.500. The van der Waals surface area contributed by atoms with Gasteiger partial charge in [-0.05, 0) is 38.5 Å². The highest BCUT2D eigenvalue weighted by Gasteiger charge is 2.27. The molecule has 0 aliphatic rings. The number of nitrogens with two attached hydrogens (primary N) is 1. The fourth-order valence-corrected chi connectivity index (χ4v) is 1.69. The van der Waals surface area contributed by atoms with Crippen LogP contribution >= 0.6 is 0 Å². The van der Waals surface area contributed by atoms with Gasteiger partial charge in [0.05, 0.1) is 13.5 Å². The molecule has 0 fully saturated rings. The monoisotopic (exact) mass is 325 g/mol. The van der Waals surface area contributed by atoms with Crippen LogP contribution in [0.1, 0.15) is 32.8 Å². The first-order chi connectivity index (χ1) is 10.7. The van der Waals surface area contributed by atoms with Gasteiger partial charge < -0.3 is 14.2 Å². The topological polar surface area (TPSA) is 97.1 Å². The largest absolute Gasteiger partial charge is 0.497 e. The molecule has 1 atom stereocenters. The third kappa shape index (κ3) is 7.12. The van der Waals surface area contributed by atoms with Gasteiger partial charge in [0.2, 0.25) is 0 Å². The number of carbonyl (C=O) groups is 2. The van der Waals surface area contributed by atoms with E-state index in [0.29, 0.717) is 5.75 Å². The number of benzene rings is 1. The summed E-state index contributed by atoms with van der Waals surface area (Å²) in [5, 5.41) is 0. The standard InChI is InChI=1S/C16H23NO6/c1-16(2,3)22-14(18)9-13(23-17)15(19)21-10-11-5-7-12(20-4)8-6-11/h5-8,13H,9-10,17H2,1-4H3. The Hall–Kier alpha value is -2.12. The number of ether oxygens (including phenoxy) is 3. The van der Waals surface area contributed by atoms with Crippen LogP contribution < -0.4 is 10.6 Å². The molecule has 23 heavy (non-hydrogen) atoms. The second-order valence-electron chi connectivity index (χ2n) is 5.87. The SMILES string of the molecule is COc1ccc(COC(=O)C(CC(=O)OC(C)(C)C)ON)cc1. The lowest BCUT2D eigenvalue weighted by Gasteiger charge is -2.21. The van der Waals surface area contributed by atoms with Crippen molar-refractivity contribution in [3.05, 3.63) is 29.8 Å². The van der Waals surface area contributed by atoms with Crippen LogP contribution in [0, 0.1) is 0 Å². The van der Waals surface area contributed by atoms with Crippen LogP contribution in [-0.2, 0) is 30.5 Å². The summed E-state index contributed by atoms with van der Waals surface area (Å²) in [5.41, 5.74) is 0.121. The van der Waals surface area contributed by atoms with E-state index in [0.717, 1.165) is 5.56 Å². The van der Waals surface area contributed by atoms with E-state index in [1.807, 2.05) is 0 Å². The molecule has 0 aliphatic heterocycles. The van der Waals surface area contributed by atoms with Crippen LogP contribution in [0.5, 0.6) is 5.75 Å². The van der Waals surface area contributed by atoms with Gasteiger partial charge in [0.15, 0.2) is 6.10 Å². The Labute approximate surface area is 135 Å². The molecule has 0 bridgehead atoms. The van der Waals surface area contributed by atoms with Crippen molar-refractivity contribution in [1.82, 2.24) is 0 Å². The van der Waals surface area contributed by atoms with Crippen molar-refractivity contribution in [3.8, 4) is 5.75 Å². The summed E-state index contributed by atoms with van der Waals surface area (Å²) in [5.74, 6) is 4.45. The van der Waals surface area contributed by atoms with Gasteiger partial charge in [-0.25, -0.2) is 10.7 Å². The van der Waals surface area contributed by atoms with Crippen LogP contribution in [-0.4, -0.2) is 30.8 Å². The van der Waals surface area contributed by atoms with Gasteiger partial charge in [-0.2, -0.15) is 0 Å². The van der Waals surface area contributed by atoms with Gasteiger partial charge in [0, 0.05) is 0 Å². The number of methoxy groups -OCH3 is 1. The van der Waals surface area contributed by atoms with Crippen LogP contribution in [0.4, 0.5) is 0 Å². The Morgan fingerprint density at radius 1 is 1.17 bits per heavy atom. The minimum Gasteiger partial charge on any atom is -0.497 e. The molecule has 2 N–H and O–H groups in total. The summed E-state index contributed by atoms with van der Waals surface area (Å²) in [7, 11) is 1.56. The molecule has 128 valence electrons. The second kappa shape index (κ2) is 8.50.